The van der Waals surface area contributed by atoms with Crippen molar-refractivity contribution >= 4 is 18.6 Å². The van der Waals surface area contributed by atoms with Crippen LogP contribution >= 0.6 is 6.81 Å². The van der Waals surface area contributed by atoms with Gasteiger partial charge in [0.25, 0.3) is 0 Å². The van der Waals surface area contributed by atoms with Gasteiger partial charge in [0.2, 0.25) is 0 Å². The fraction of sp³-hybridized carbons (Fsp3) is 0.938. The van der Waals surface area contributed by atoms with Gasteiger partial charge in [-0.15, -0.1) is 0 Å². The summed E-state index contributed by atoms with van der Waals surface area (Å²) in [5.74, 6) is 0. The summed E-state index contributed by atoms with van der Waals surface area (Å²) in [6.07, 6.45) is 7.52. The second-order valence-electron chi connectivity index (χ2n) is 5.44. The van der Waals surface area contributed by atoms with Crippen molar-refractivity contribution in [3.05, 3.63) is 0 Å². The molecule has 0 spiro atoms. The third kappa shape index (κ3) is 16.5. The van der Waals surface area contributed by atoms with E-state index in [1.807, 2.05) is 0 Å². The van der Waals surface area contributed by atoms with Crippen molar-refractivity contribution in [2.45, 2.75) is 52.4 Å². The Morgan fingerprint density at radius 1 is 0.857 bits per heavy atom. The first-order chi connectivity index (χ1) is 10.3. The Hall–Kier alpha value is 0.310. The molecule has 0 rings (SSSR count). The number of hydrogen-bond donors (Lipinski definition) is 2. The topological polar surface area (TPSA) is 27.3 Å². The van der Waals surface area contributed by atoms with E-state index in [0.29, 0.717) is 0 Å². The number of hydrogen-bond acceptors (Lipinski definition) is 4. The molecule has 0 aliphatic heterocycles. The van der Waals surface area contributed by atoms with Crippen molar-refractivity contribution < 1.29 is 0 Å². The van der Waals surface area contributed by atoms with Gasteiger partial charge in [-0.25, -0.2) is 0 Å². The van der Waals surface area contributed by atoms with E-state index in [1.165, 1.54) is 38.5 Å². The minimum absolute atomic E-state index is 0.856. The molecule has 0 saturated carbocycles. The van der Waals surface area contributed by atoms with E-state index in [-0.39, 0.29) is 0 Å². The van der Waals surface area contributed by atoms with E-state index < -0.39 is 0 Å². The summed E-state index contributed by atoms with van der Waals surface area (Å²) >= 11 is 4.95. The van der Waals surface area contributed by atoms with Gasteiger partial charge in [0.15, 0.2) is 0 Å². The number of nitrogens with one attached hydrogen (secondary N) is 2. The second kappa shape index (κ2) is 18.4. The minimum atomic E-state index is 0.856. The number of rotatable bonds is 15. The van der Waals surface area contributed by atoms with Crippen LogP contribution < -0.4 is 10.6 Å². The Kier molecular flexibility index (Phi) is 18.6. The molecule has 3 nitrogen and oxygen atoms in total. The molecule has 2 N–H and O–H groups in total. The van der Waals surface area contributed by atoms with E-state index in [2.05, 4.69) is 35.0 Å². The summed E-state index contributed by atoms with van der Waals surface area (Å²) < 4.78 is 0. The van der Waals surface area contributed by atoms with Crippen molar-refractivity contribution in [1.82, 2.24) is 15.5 Å². The molecule has 0 unspecified atom stereocenters. The average Bonchev–Trinajstić information content (AvgIpc) is 2.50. The van der Waals surface area contributed by atoms with Crippen molar-refractivity contribution in [3.63, 3.8) is 0 Å². The van der Waals surface area contributed by atoms with Gasteiger partial charge in [-0.2, -0.15) is 0 Å². The van der Waals surface area contributed by atoms with Crippen LogP contribution in [-0.4, -0.2) is 50.7 Å². The Morgan fingerprint density at radius 2 is 1.33 bits per heavy atom. The summed E-state index contributed by atoms with van der Waals surface area (Å²) in [7, 11) is 0. The molecule has 0 saturated heterocycles. The van der Waals surface area contributed by atoms with Gasteiger partial charge in [-0.05, 0) is 0 Å². The van der Waals surface area contributed by atoms with E-state index in [9.17, 15) is 0 Å². The first-order valence-electron chi connectivity index (χ1n) is 8.54. The van der Waals surface area contributed by atoms with Crippen molar-refractivity contribution in [1.29, 1.82) is 0 Å². The second-order valence-corrected chi connectivity index (χ2v) is 6.49. The van der Waals surface area contributed by atoms with Crippen LogP contribution in [-0.2, 0) is 11.8 Å². The fourth-order valence-corrected chi connectivity index (χ4v) is 2.54. The number of unbranched alkanes of at least 4 members (excludes halogenated alkanes) is 2. The summed E-state index contributed by atoms with van der Waals surface area (Å²) in [5, 5.41) is 7.01. The molecule has 0 bridgehead atoms. The molecule has 0 amide bonds. The SMILES string of the molecule is CCCCNCCCN(CC#P=S)CCCNCCCC. The molecule has 0 aromatic carbocycles. The molecule has 21 heavy (non-hydrogen) atoms. The van der Waals surface area contributed by atoms with Crippen molar-refractivity contribution in [3.8, 4) is 5.63 Å². The van der Waals surface area contributed by atoms with E-state index in [4.69, 9.17) is 11.8 Å². The zero-order valence-electron chi connectivity index (χ0n) is 14.0. The summed E-state index contributed by atoms with van der Waals surface area (Å²) in [6, 6.07) is 0. The molecule has 0 aromatic rings. The van der Waals surface area contributed by atoms with Gasteiger partial charge >= 0.3 is 138 Å². The van der Waals surface area contributed by atoms with Crippen molar-refractivity contribution in [2.75, 3.05) is 45.8 Å². The van der Waals surface area contributed by atoms with Crippen LogP contribution in [0.3, 0.4) is 0 Å². The Labute approximate surface area is 138 Å². The summed E-state index contributed by atoms with van der Waals surface area (Å²) in [5.41, 5.74) is 3.24. The molecule has 0 fully saturated rings. The van der Waals surface area contributed by atoms with Crippen LogP contribution in [0.4, 0.5) is 0 Å². The van der Waals surface area contributed by atoms with Gasteiger partial charge in [-0.1, -0.05) is 0 Å². The molecular formula is C16H34N3PS. The monoisotopic (exact) mass is 331 g/mol. The molecule has 0 atom stereocenters. The maximum atomic E-state index is 4.95. The average molecular weight is 332 g/mol. The molecule has 0 aromatic heterocycles. The third-order valence-electron chi connectivity index (χ3n) is 3.43. The fourth-order valence-electron chi connectivity index (χ4n) is 2.11. The molecule has 0 aliphatic rings. The Bertz CT molecular complexity index is 290. The zero-order valence-corrected chi connectivity index (χ0v) is 15.7. The van der Waals surface area contributed by atoms with Gasteiger partial charge in [0, 0.05) is 0 Å². The third-order valence-corrected chi connectivity index (χ3v) is 4.09. The van der Waals surface area contributed by atoms with Gasteiger partial charge in [-0.3, -0.25) is 0 Å². The molecule has 0 aliphatic carbocycles. The first kappa shape index (κ1) is 21.3. The summed E-state index contributed by atoms with van der Waals surface area (Å²) in [6.45, 7) is 13.1. The van der Waals surface area contributed by atoms with Gasteiger partial charge in [0.1, 0.15) is 0 Å². The van der Waals surface area contributed by atoms with E-state index >= 15 is 0 Å². The molecule has 0 heterocycles. The molecule has 5 heteroatoms. The predicted molar refractivity (Wildman–Crippen MR) is 99.4 cm³/mol. The molecular weight excluding hydrogens is 297 g/mol. The Morgan fingerprint density at radius 3 is 1.76 bits per heavy atom. The van der Waals surface area contributed by atoms with Crippen LogP contribution in [0.15, 0.2) is 0 Å². The quantitative estimate of drug-likeness (QED) is 0.356. The van der Waals surface area contributed by atoms with Gasteiger partial charge in [0.05, 0.1) is 0 Å². The van der Waals surface area contributed by atoms with Crippen molar-refractivity contribution in [2.24, 2.45) is 0 Å². The zero-order chi connectivity index (χ0) is 15.6. The first-order valence-corrected chi connectivity index (χ1v) is 10.4. The molecule has 124 valence electrons. The maximum absolute atomic E-state index is 4.95. The van der Waals surface area contributed by atoms with Gasteiger partial charge < -0.3 is 0 Å². The summed E-state index contributed by atoms with van der Waals surface area (Å²) in [4.78, 5) is 2.47. The van der Waals surface area contributed by atoms with E-state index in [1.54, 1.807) is 0 Å². The van der Waals surface area contributed by atoms with Crippen LogP contribution in [0, 0.1) is 5.63 Å². The van der Waals surface area contributed by atoms with Crippen LogP contribution in [0.2, 0.25) is 0 Å². The van der Waals surface area contributed by atoms with Crippen LogP contribution in [0.1, 0.15) is 52.4 Å². The predicted octanol–water partition coefficient (Wildman–Crippen LogP) is 3.22. The number of nitrogens with zero attached hydrogens (tertiary/aromatic N) is 1. The van der Waals surface area contributed by atoms with E-state index in [0.717, 1.165) is 52.6 Å². The normalized spacial score (nSPS) is 10.8. The Balaban J connectivity index is 3.65. The van der Waals surface area contributed by atoms with Crippen LogP contribution in [0.5, 0.6) is 0 Å². The van der Waals surface area contributed by atoms with Crippen LogP contribution in [0.25, 0.3) is 0 Å². The molecule has 0 radical (unpaired) electrons. The standard InChI is InChI=1S/C16H34N3PS/c1-3-5-9-17-11-7-13-19(15-16-20-21)14-8-12-18-10-6-4-2/h17-18H,3-15H2,1-2H3.